The molecule has 1 aliphatic rings. The third kappa shape index (κ3) is 7.02. The second-order valence-corrected chi connectivity index (χ2v) is 1.74. The molecule has 1 aliphatic heterocycles. The van der Waals surface area contributed by atoms with E-state index in [4.69, 9.17) is 0 Å². The maximum absolute atomic E-state index is 10.0. The Bertz CT molecular complexity index is 129. The van der Waals surface area contributed by atoms with E-state index >= 15 is 0 Å². The predicted octanol–water partition coefficient (Wildman–Crippen LogP) is 1.42. The monoisotopic (exact) mass is 170 g/mol. The highest BCUT2D eigenvalue weighted by atomic mass is 19.4. The van der Waals surface area contributed by atoms with Crippen LogP contribution in [0.1, 0.15) is 6.92 Å². The first kappa shape index (κ1) is 10.1. The summed E-state index contributed by atoms with van der Waals surface area (Å²) in [5.74, 6) is 0. The van der Waals surface area contributed by atoms with Gasteiger partial charge in [0.25, 0.3) is 0 Å². The highest BCUT2D eigenvalue weighted by Crippen LogP contribution is 2.02. The van der Waals surface area contributed by atoms with Crippen molar-refractivity contribution in [2.24, 2.45) is 0 Å². The Morgan fingerprint density at radius 3 is 2.09 bits per heavy atom. The first-order valence-corrected chi connectivity index (χ1v) is 2.78. The minimum absolute atomic E-state index is 0.0486. The van der Waals surface area contributed by atoms with Crippen molar-refractivity contribution in [3.63, 3.8) is 0 Å². The van der Waals surface area contributed by atoms with Gasteiger partial charge in [-0.1, -0.05) is 0 Å². The zero-order chi connectivity index (χ0) is 8.85. The van der Waals surface area contributed by atoms with Crippen LogP contribution in [0.2, 0.25) is 0 Å². The van der Waals surface area contributed by atoms with Crippen LogP contribution in [-0.4, -0.2) is 26.4 Å². The number of cyclic esters (lactones) is 2. The first-order valence-electron chi connectivity index (χ1n) is 2.78. The Morgan fingerprint density at radius 1 is 1.55 bits per heavy atom. The van der Waals surface area contributed by atoms with E-state index in [1.807, 2.05) is 0 Å². The maximum Gasteiger partial charge on any atom is 0.762 e. The van der Waals surface area contributed by atoms with Gasteiger partial charge in [-0.25, -0.2) is 4.79 Å². The summed E-state index contributed by atoms with van der Waals surface area (Å²) in [6.45, 7) is 2.18. The van der Waals surface area contributed by atoms with Crippen LogP contribution in [0.25, 0.3) is 0 Å². The summed E-state index contributed by atoms with van der Waals surface area (Å²) in [7, 11) is -3.67. The zero-order valence-corrected chi connectivity index (χ0v) is 5.72. The van der Waals surface area contributed by atoms with E-state index in [0.717, 1.165) is 0 Å². The average Bonchev–Trinajstić information content (AvgIpc) is 2.13. The second-order valence-electron chi connectivity index (χ2n) is 1.74. The molecular formula is C4H6BF3O3. The van der Waals surface area contributed by atoms with Gasteiger partial charge in [0.05, 0.1) is 0 Å². The highest BCUT2D eigenvalue weighted by Gasteiger charge is 2.19. The minimum atomic E-state index is -3.67. The van der Waals surface area contributed by atoms with Crippen LogP contribution in [0.15, 0.2) is 0 Å². The number of carbonyl (C=O) groups is 1. The summed E-state index contributed by atoms with van der Waals surface area (Å²) in [5.41, 5.74) is 0. The topological polar surface area (TPSA) is 35.5 Å². The van der Waals surface area contributed by atoms with Gasteiger partial charge >= 0.3 is 13.7 Å². The number of ether oxygens (including phenoxy) is 2. The van der Waals surface area contributed by atoms with Gasteiger partial charge in [-0.15, -0.1) is 0 Å². The standard InChI is InChI=1S/C4H6O3.BF3/c1-3-2-6-4(5)7-3;2-1(3)4/h3H,2H2,1H3;. The third-order valence-electron chi connectivity index (χ3n) is 0.733. The number of hydrogen-bond donors (Lipinski definition) is 0. The Morgan fingerprint density at radius 2 is 2.00 bits per heavy atom. The minimum Gasteiger partial charge on any atom is -0.430 e. The second kappa shape index (κ2) is 4.87. The number of rotatable bonds is 0. The van der Waals surface area contributed by atoms with Gasteiger partial charge < -0.3 is 9.47 Å². The predicted molar refractivity (Wildman–Crippen MR) is 31.0 cm³/mol. The molecule has 0 aromatic carbocycles. The maximum atomic E-state index is 10.0. The molecule has 1 saturated heterocycles. The summed E-state index contributed by atoms with van der Waals surface area (Å²) in [6, 6.07) is 0. The van der Waals surface area contributed by atoms with Crippen LogP contribution < -0.4 is 0 Å². The Labute approximate surface area is 61.7 Å². The van der Waals surface area contributed by atoms with Crippen molar-refractivity contribution in [2.75, 3.05) is 6.61 Å². The largest absolute Gasteiger partial charge is 0.762 e. The summed E-state index contributed by atoms with van der Waals surface area (Å²) in [5, 5.41) is 0. The first-order chi connectivity index (χ1) is 5.02. The lowest BCUT2D eigenvalue weighted by Gasteiger charge is -1.90. The van der Waals surface area contributed by atoms with E-state index in [9.17, 15) is 17.7 Å². The average molecular weight is 170 g/mol. The van der Waals surface area contributed by atoms with Crippen molar-refractivity contribution in [3.8, 4) is 0 Å². The van der Waals surface area contributed by atoms with Crippen molar-refractivity contribution < 1.29 is 27.2 Å². The lowest BCUT2D eigenvalue weighted by Crippen LogP contribution is -2.01. The van der Waals surface area contributed by atoms with Crippen LogP contribution >= 0.6 is 0 Å². The summed E-state index contributed by atoms with van der Waals surface area (Å²) < 4.78 is 37.9. The Kier molecular flexibility index (Phi) is 4.48. The van der Waals surface area contributed by atoms with Crippen LogP contribution in [0, 0.1) is 0 Å². The molecule has 0 saturated carbocycles. The fourth-order valence-corrected chi connectivity index (χ4v) is 0.418. The quantitative estimate of drug-likeness (QED) is 0.407. The van der Waals surface area contributed by atoms with E-state index in [1.54, 1.807) is 6.92 Å². The zero-order valence-electron chi connectivity index (χ0n) is 5.72. The summed E-state index contributed by atoms with van der Waals surface area (Å²) in [4.78, 5) is 10.0. The van der Waals surface area contributed by atoms with Crippen molar-refractivity contribution >= 4 is 13.7 Å². The normalized spacial score (nSPS) is 21.1. The molecule has 1 rings (SSSR count). The van der Waals surface area contributed by atoms with Crippen LogP contribution in [-0.2, 0) is 9.47 Å². The Hall–Kier alpha value is -0.875. The fraction of sp³-hybridized carbons (Fsp3) is 0.750. The van der Waals surface area contributed by atoms with Gasteiger partial charge in [0.2, 0.25) is 0 Å². The smallest absolute Gasteiger partial charge is 0.430 e. The summed E-state index contributed by atoms with van der Waals surface area (Å²) in [6.07, 6.45) is -0.597. The van der Waals surface area contributed by atoms with Crippen molar-refractivity contribution in [1.29, 1.82) is 0 Å². The van der Waals surface area contributed by atoms with E-state index < -0.39 is 13.7 Å². The molecule has 1 fully saturated rings. The molecule has 0 radical (unpaired) electrons. The molecule has 64 valence electrons. The number of hydrogen-bond acceptors (Lipinski definition) is 3. The molecule has 1 unspecified atom stereocenters. The molecule has 0 N–H and O–H groups in total. The van der Waals surface area contributed by atoms with Crippen LogP contribution in [0.5, 0.6) is 0 Å². The van der Waals surface area contributed by atoms with Crippen molar-refractivity contribution in [1.82, 2.24) is 0 Å². The van der Waals surface area contributed by atoms with Gasteiger partial charge in [-0.2, -0.15) is 0 Å². The molecule has 1 atom stereocenters. The van der Waals surface area contributed by atoms with Crippen molar-refractivity contribution in [3.05, 3.63) is 0 Å². The van der Waals surface area contributed by atoms with Gasteiger partial charge in [0.15, 0.2) is 0 Å². The summed E-state index contributed by atoms with van der Waals surface area (Å²) >= 11 is 0. The molecule has 0 aromatic heterocycles. The number of halogens is 3. The highest BCUT2D eigenvalue weighted by molar-refractivity contribution is 6.33. The lowest BCUT2D eigenvalue weighted by atomic mass is 10.5. The molecule has 0 amide bonds. The Balaban J connectivity index is 0.000000218. The van der Waals surface area contributed by atoms with E-state index in [-0.39, 0.29) is 6.10 Å². The molecule has 11 heavy (non-hydrogen) atoms. The van der Waals surface area contributed by atoms with Gasteiger partial charge in [0, 0.05) is 0 Å². The molecule has 0 spiro atoms. The van der Waals surface area contributed by atoms with Gasteiger partial charge in [-0.05, 0) is 6.92 Å². The molecule has 1 heterocycles. The lowest BCUT2D eigenvalue weighted by molar-refractivity contribution is 0.121. The molecule has 0 aromatic rings. The van der Waals surface area contributed by atoms with Crippen molar-refractivity contribution in [2.45, 2.75) is 13.0 Å². The van der Waals surface area contributed by atoms with E-state index in [0.29, 0.717) is 6.61 Å². The van der Waals surface area contributed by atoms with E-state index in [1.165, 1.54) is 0 Å². The van der Waals surface area contributed by atoms with Gasteiger partial charge in [-0.3, -0.25) is 12.9 Å². The molecule has 3 nitrogen and oxygen atoms in total. The van der Waals surface area contributed by atoms with E-state index in [2.05, 4.69) is 9.47 Å². The number of carbonyl (C=O) groups excluding carboxylic acids is 1. The van der Waals surface area contributed by atoms with Crippen LogP contribution in [0.3, 0.4) is 0 Å². The molecule has 0 aliphatic carbocycles. The molecule has 7 heteroatoms. The molecular weight excluding hydrogens is 164 g/mol. The SMILES string of the molecule is CC1COC(=O)O1.FB(F)F. The van der Waals surface area contributed by atoms with Gasteiger partial charge in [0.1, 0.15) is 12.7 Å². The van der Waals surface area contributed by atoms with Crippen LogP contribution in [0.4, 0.5) is 17.7 Å². The molecule has 0 bridgehead atoms. The third-order valence-corrected chi connectivity index (χ3v) is 0.733. The fourth-order valence-electron chi connectivity index (χ4n) is 0.418.